The van der Waals surface area contributed by atoms with Crippen molar-refractivity contribution in [3.63, 3.8) is 0 Å². The number of carbonyl (C=O) groups is 2. The Morgan fingerprint density at radius 1 is 0.789 bits per heavy atom. The number of aromatic amines is 2. The third-order valence-corrected chi connectivity index (χ3v) is 5.48. The quantitative estimate of drug-likeness (QED) is 0.251. The zero-order valence-electron chi connectivity index (χ0n) is 20.7. The molecule has 4 rings (SSSR count). The van der Waals surface area contributed by atoms with Crippen molar-refractivity contribution in [1.29, 1.82) is 0 Å². The normalized spacial score (nSPS) is 10.4. The van der Waals surface area contributed by atoms with E-state index >= 15 is 0 Å². The van der Waals surface area contributed by atoms with Gasteiger partial charge in [0.05, 0.1) is 26.3 Å². The van der Waals surface area contributed by atoms with Crippen LogP contribution in [0, 0.1) is 16.3 Å². The van der Waals surface area contributed by atoms with E-state index in [1.807, 2.05) is 0 Å². The fraction of sp³-hybridized carbons (Fsp3) is 0.231. The molecule has 9 nitrogen and oxygen atoms in total. The van der Waals surface area contributed by atoms with E-state index in [-0.39, 0.29) is 43.5 Å². The number of benzene rings is 2. The van der Waals surface area contributed by atoms with E-state index in [4.69, 9.17) is 21.7 Å². The van der Waals surface area contributed by atoms with Gasteiger partial charge >= 0.3 is 11.9 Å². The molecule has 0 radical (unpaired) electrons. The van der Waals surface area contributed by atoms with Crippen LogP contribution in [0.3, 0.4) is 0 Å². The highest BCUT2D eigenvalue weighted by molar-refractivity contribution is 7.71. The largest absolute Gasteiger partial charge is 0.461 e. The number of nitrogens with zero attached hydrogens (tertiary/aromatic N) is 2. The van der Waals surface area contributed by atoms with Gasteiger partial charge in [-0.3, -0.25) is 19.7 Å². The second-order valence-corrected chi connectivity index (χ2v) is 8.23. The summed E-state index contributed by atoms with van der Waals surface area (Å²) < 4.78 is 39.8. The summed E-state index contributed by atoms with van der Waals surface area (Å²) in [6, 6.07) is 15.2. The molecule has 0 aliphatic heterocycles. The Kier molecular flexibility index (Phi) is 9.88. The number of hydrogen-bond acceptors (Lipinski definition) is 6. The van der Waals surface area contributed by atoms with Gasteiger partial charge in [0.25, 0.3) is 5.56 Å². The van der Waals surface area contributed by atoms with Crippen molar-refractivity contribution in [1.82, 2.24) is 19.6 Å². The molecule has 0 saturated carbocycles. The van der Waals surface area contributed by atoms with Crippen molar-refractivity contribution in [3.8, 4) is 0 Å². The molecule has 0 spiro atoms. The van der Waals surface area contributed by atoms with Gasteiger partial charge in [-0.25, -0.2) is 23.1 Å². The number of aromatic nitrogens is 4. The van der Waals surface area contributed by atoms with E-state index in [1.165, 1.54) is 22.9 Å². The van der Waals surface area contributed by atoms with Crippen molar-refractivity contribution in [2.75, 3.05) is 13.2 Å². The second kappa shape index (κ2) is 13.3. The van der Waals surface area contributed by atoms with E-state index < -0.39 is 23.3 Å². The van der Waals surface area contributed by atoms with Crippen LogP contribution in [0.5, 0.6) is 0 Å². The molecule has 0 aliphatic carbocycles. The zero-order valence-corrected chi connectivity index (χ0v) is 21.5. The van der Waals surface area contributed by atoms with Crippen molar-refractivity contribution >= 4 is 24.2 Å². The Labute approximate surface area is 221 Å². The molecule has 2 aromatic heterocycles. The first-order valence-electron chi connectivity index (χ1n) is 11.6. The predicted molar refractivity (Wildman–Crippen MR) is 138 cm³/mol. The smallest absolute Gasteiger partial charge is 0.356 e. The summed E-state index contributed by atoms with van der Waals surface area (Å²) in [5.41, 5.74) is 0.774. The molecule has 0 unspecified atom stereocenters. The molecule has 38 heavy (non-hydrogen) atoms. The summed E-state index contributed by atoms with van der Waals surface area (Å²) in [6.07, 6.45) is 0. The summed E-state index contributed by atoms with van der Waals surface area (Å²) in [5, 5.41) is 5.42. The summed E-state index contributed by atoms with van der Waals surface area (Å²) in [7, 11) is 0. The van der Waals surface area contributed by atoms with Crippen molar-refractivity contribution < 1.29 is 27.8 Å². The average molecular weight is 545 g/mol. The minimum Gasteiger partial charge on any atom is -0.461 e. The van der Waals surface area contributed by atoms with Crippen LogP contribution in [-0.2, 0) is 22.6 Å². The summed E-state index contributed by atoms with van der Waals surface area (Å²) in [5.74, 6) is -1.79. The van der Waals surface area contributed by atoms with E-state index in [0.29, 0.717) is 15.8 Å². The lowest BCUT2D eigenvalue weighted by atomic mass is 10.2. The highest BCUT2D eigenvalue weighted by atomic mass is 32.1. The first-order chi connectivity index (χ1) is 18.2. The predicted octanol–water partition coefficient (Wildman–Crippen LogP) is 4.45. The van der Waals surface area contributed by atoms with Crippen LogP contribution in [0.25, 0.3) is 0 Å². The van der Waals surface area contributed by atoms with Gasteiger partial charge in [-0.15, -0.1) is 0 Å². The Morgan fingerprint density at radius 3 is 1.74 bits per heavy atom. The number of rotatable bonds is 8. The molecule has 0 amide bonds. The van der Waals surface area contributed by atoms with E-state index in [9.17, 15) is 23.2 Å². The first kappa shape index (κ1) is 28.3. The molecule has 2 heterocycles. The van der Waals surface area contributed by atoms with Crippen LogP contribution >= 0.6 is 12.2 Å². The van der Waals surface area contributed by atoms with Crippen LogP contribution in [0.15, 0.2) is 65.5 Å². The van der Waals surface area contributed by atoms with Crippen LogP contribution in [0.2, 0.25) is 0 Å². The molecule has 200 valence electrons. The monoisotopic (exact) mass is 544 g/mol. The number of nitrogens with one attached hydrogen (secondary N) is 2. The minimum absolute atomic E-state index is 0.0327. The molecule has 0 saturated heterocycles. The third-order valence-electron chi connectivity index (χ3n) is 5.14. The van der Waals surface area contributed by atoms with Gasteiger partial charge < -0.3 is 9.47 Å². The molecule has 0 fully saturated rings. The molecule has 2 N–H and O–H groups in total. The fourth-order valence-electron chi connectivity index (χ4n) is 3.32. The highest BCUT2D eigenvalue weighted by Gasteiger charge is 2.13. The van der Waals surface area contributed by atoms with Crippen molar-refractivity contribution in [3.05, 3.63) is 110 Å². The average Bonchev–Trinajstić information content (AvgIpc) is 3.45. The van der Waals surface area contributed by atoms with Gasteiger partial charge in [0.2, 0.25) is 0 Å². The van der Waals surface area contributed by atoms with Crippen molar-refractivity contribution in [2.24, 2.45) is 0 Å². The maximum atomic E-state index is 13.5. The van der Waals surface area contributed by atoms with Gasteiger partial charge in [-0.05, 0) is 26.0 Å². The van der Waals surface area contributed by atoms with Crippen LogP contribution in [-0.4, -0.2) is 44.7 Å². The first-order valence-corrected chi connectivity index (χ1v) is 12.0. The summed E-state index contributed by atoms with van der Waals surface area (Å²) in [4.78, 5) is 34.7. The summed E-state index contributed by atoms with van der Waals surface area (Å²) >= 11 is 5.12. The van der Waals surface area contributed by atoms with Gasteiger partial charge in [-0.2, -0.15) is 0 Å². The number of ether oxygens (including phenoxy) is 2. The maximum absolute atomic E-state index is 13.5. The molecule has 12 heteroatoms. The van der Waals surface area contributed by atoms with Gasteiger partial charge in [0, 0.05) is 23.3 Å². The van der Waals surface area contributed by atoms with Crippen LogP contribution < -0.4 is 5.56 Å². The van der Waals surface area contributed by atoms with Crippen molar-refractivity contribution in [2.45, 2.75) is 26.9 Å². The van der Waals surface area contributed by atoms with Crippen LogP contribution in [0.1, 0.15) is 46.0 Å². The third kappa shape index (κ3) is 7.35. The van der Waals surface area contributed by atoms with Gasteiger partial charge in [0.1, 0.15) is 27.7 Å². The Bertz CT molecular complexity index is 1410. The zero-order chi connectivity index (χ0) is 27.7. The maximum Gasteiger partial charge on any atom is 0.356 e. The van der Waals surface area contributed by atoms with E-state index in [0.717, 1.165) is 10.7 Å². The topological polar surface area (TPSA) is 111 Å². The SMILES string of the molecule is CCOC(=O)c1cc(=O)n(Cc2ccccc2F)[nH]1.CCOC(=O)c1cc(=S)n(Cc2ccccc2F)[nH]1. The summed E-state index contributed by atoms with van der Waals surface area (Å²) in [6.45, 7) is 4.18. The number of carbonyl (C=O) groups excluding carboxylic acids is 2. The molecule has 0 atom stereocenters. The Morgan fingerprint density at radius 2 is 1.24 bits per heavy atom. The lowest BCUT2D eigenvalue weighted by Gasteiger charge is -2.04. The standard InChI is InChI=1S/C13H13FN2O3.C13H13FN2O2S/c1-2-19-13(18)11-7-12(17)16(15-11)8-9-5-3-4-6-10(9)14;1-2-18-13(17)11-7-12(19)16(15-11)8-9-5-3-4-6-10(9)14/h2*3-7,15H,2,8H2,1H3. The number of H-pyrrole nitrogens is 2. The number of halogens is 2. The van der Waals surface area contributed by atoms with Crippen LogP contribution in [0.4, 0.5) is 8.78 Å². The van der Waals surface area contributed by atoms with E-state index in [2.05, 4.69) is 10.2 Å². The lowest BCUT2D eigenvalue weighted by molar-refractivity contribution is 0.0509. The lowest BCUT2D eigenvalue weighted by Crippen LogP contribution is -2.17. The molecule has 2 aromatic carbocycles. The Hall–Kier alpha value is -4.32. The van der Waals surface area contributed by atoms with Gasteiger partial charge in [0.15, 0.2) is 0 Å². The fourth-order valence-corrected chi connectivity index (χ4v) is 3.55. The molecular weight excluding hydrogens is 518 g/mol. The second-order valence-electron chi connectivity index (χ2n) is 7.81. The minimum atomic E-state index is -0.605. The highest BCUT2D eigenvalue weighted by Crippen LogP contribution is 2.10. The molecule has 0 bridgehead atoms. The van der Waals surface area contributed by atoms with Gasteiger partial charge in [-0.1, -0.05) is 48.6 Å². The molecule has 4 aromatic rings. The Balaban J connectivity index is 0.000000211. The number of hydrogen-bond donors (Lipinski definition) is 2. The number of esters is 2. The molecular formula is C26H26F2N4O5S. The molecule has 0 aliphatic rings. The van der Waals surface area contributed by atoms with E-state index in [1.54, 1.807) is 50.2 Å².